The SMILES string of the molecule is CC(C)C[C@H](N)C(=O)Nc1ccc(C(=O)NCCc2ccccc2)cc1. The average molecular weight is 353 g/mol. The molecule has 2 aromatic rings. The molecule has 0 heterocycles. The van der Waals surface area contributed by atoms with Crippen LogP contribution in [0.15, 0.2) is 54.6 Å². The fourth-order valence-corrected chi connectivity index (χ4v) is 2.62. The number of anilines is 1. The fourth-order valence-electron chi connectivity index (χ4n) is 2.62. The van der Waals surface area contributed by atoms with Crippen LogP contribution in [0.4, 0.5) is 5.69 Å². The van der Waals surface area contributed by atoms with Gasteiger partial charge in [-0.3, -0.25) is 9.59 Å². The molecule has 5 nitrogen and oxygen atoms in total. The van der Waals surface area contributed by atoms with Crippen LogP contribution in [-0.2, 0) is 11.2 Å². The summed E-state index contributed by atoms with van der Waals surface area (Å²) in [5, 5.41) is 5.68. The predicted molar refractivity (Wildman–Crippen MR) is 105 cm³/mol. The number of carbonyl (C=O) groups is 2. The maximum absolute atomic E-state index is 12.2. The molecule has 0 unspecified atom stereocenters. The molecule has 0 saturated heterocycles. The molecule has 0 fully saturated rings. The molecule has 0 aliphatic carbocycles. The van der Waals surface area contributed by atoms with Crippen LogP contribution in [0.25, 0.3) is 0 Å². The molecule has 1 atom stereocenters. The Labute approximate surface area is 155 Å². The largest absolute Gasteiger partial charge is 0.352 e. The molecule has 2 aromatic carbocycles. The van der Waals surface area contributed by atoms with Crippen molar-refractivity contribution < 1.29 is 9.59 Å². The van der Waals surface area contributed by atoms with Gasteiger partial charge in [-0.2, -0.15) is 0 Å². The van der Waals surface area contributed by atoms with Crippen molar-refractivity contribution in [3.8, 4) is 0 Å². The summed E-state index contributed by atoms with van der Waals surface area (Å²) < 4.78 is 0. The van der Waals surface area contributed by atoms with E-state index in [2.05, 4.69) is 10.6 Å². The molecular weight excluding hydrogens is 326 g/mol. The molecule has 0 aliphatic rings. The molecule has 2 rings (SSSR count). The summed E-state index contributed by atoms with van der Waals surface area (Å²) in [4.78, 5) is 24.2. The second-order valence-corrected chi connectivity index (χ2v) is 6.79. The molecule has 0 aliphatic heterocycles. The number of hydrogen-bond donors (Lipinski definition) is 3. The zero-order chi connectivity index (χ0) is 18.9. The highest BCUT2D eigenvalue weighted by molar-refractivity contribution is 5.97. The molecule has 2 amide bonds. The van der Waals surface area contributed by atoms with Crippen molar-refractivity contribution in [1.29, 1.82) is 0 Å². The maximum atomic E-state index is 12.2. The van der Waals surface area contributed by atoms with Crippen LogP contribution in [0.2, 0.25) is 0 Å². The number of nitrogens with two attached hydrogens (primary N) is 1. The van der Waals surface area contributed by atoms with Gasteiger partial charge in [0.05, 0.1) is 6.04 Å². The van der Waals surface area contributed by atoms with E-state index in [1.54, 1.807) is 24.3 Å². The van der Waals surface area contributed by atoms with Crippen molar-refractivity contribution in [1.82, 2.24) is 5.32 Å². The highest BCUT2D eigenvalue weighted by Gasteiger charge is 2.15. The summed E-state index contributed by atoms with van der Waals surface area (Å²) >= 11 is 0. The zero-order valence-corrected chi connectivity index (χ0v) is 15.4. The summed E-state index contributed by atoms with van der Waals surface area (Å²) in [5.41, 5.74) is 8.25. The zero-order valence-electron chi connectivity index (χ0n) is 15.4. The third-order valence-electron chi connectivity index (χ3n) is 4.02. The number of nitrogens with one attached hydrogen (secondary N) is 2. The van der Waals surface area contributed by atoms with Gasteiger partial charge in [-0.05, 0) is 48.6 Å². The van der Waals surface area contributed by atoms with Crippen molar-refractivity contribution in [2.45, 2.75) is 32.7 Å². The van der Waals surface area contributed by atoms with Gasteiger partial charge in [0.2, 0.25) is 5.91 Å². The minimum Gasteiger partial charge on any atom is -0.352 e. The van der Waals surface area contributed by atoms with E-state index in [0.717, 1.165) is 6.42 Å². The Kier molecular flexibility index (Phi) is 7.36. The highest BCUT2D eigenvalue weighted by atomic mass is 16.2. The van der Waals surface area contributed by atoms with E-state index in [-0.39, 0.29) is 11.8 Å². The molecule has 0 bridgehead atoms. The van der Waals surface area contributed by atoms with Crippen LogP contribution >= 0.6 is 0 Å². The van der Waals surface area contributed by atoms with E-state index >= 15 is 0 Å². The van der Waals surface area contributed by atoms with Gasteiger partial charge in [-0.15, -0.1) is 0 Å². The van der Waals surface area contributed by atoms with Gasteiger partial charge in [0.25, 0.3) is 5.91 Å². The average Bonchev–Trinajstić information content (AvgIpc) is 2.62. The highest BCUT2D eigenvalue weighted by Crippen LogP contribution is 2.11. The Bertz CT molecular complexity index is 712. The quantitative estimate of drug-likeness (QED) is 0.682. The normalized spacial score (nSPS) is 11.8. The molecular formula is C21H27N3O2. The van der Waals surface area contributed by atoms with Gasteiger partial charge < -0.3 is 16.4 Å². The van der Waals surface area contributed by atoms with E-state index in [4.69, 9.17) is 5.73 Å². The molecule has 0 aromatic heterocycles. The van der Waals surface area contributed by atoms with E-state index in [0.29, 0.717) is 30.1 Å². The Morgan fingerprint density at radius 2 is 1.65 bits per heavy atom. The first-order valence-electron chi connectivity index (χ1n) is 8.94. The number of benzene rings is 2. The van der Waals surface area contributed by atoms with Gasteiger partial charge in [0, 0.05) is 17.8 Å². The van der Waals surface area contributed by atoms with Crippen molar-refractivity contribution in [2.75, 3.05) is 11.9 Å². The Morgan fingerprint density at radius 3 is 2.27 bits per heavy atom. The van der Waals surface area contributed by atoms with Crippen LogP contribution in [0, 0.1) is 5.92 Å². The third kappa shape index (κ3) is 6.33. The Balaban J connectivity index is 1.82. The fraction of sp³-hybridized carbons (Fsp3) is 0.333. The summed E-state index contributed by atoms with van der Waals surface area (Å²) in [7, 11) is 0. The van der Waals surface area contributed by atoms with Crippen LogP contribution in [0.1, 0.15) is 36.2 Å². The standard InChI is InChI=1S/C21H27N3O2/c1-15(2)14-19(22)21(26)24-18-10-8-17(9-11-18)20(25)23-13-12-16-6-4-3-5-7-16/h3-11,15,19H,12-14,22H2,1-2H3,(H,23,25)(H,24,26)/t19-/m0/s1. The van der Waals surface area contributed by atoms with Gasteiger partial charge >= 0.3 is 0 Å². The Hall–Kier alpha value is -2.66. The van der Waals surface area contributed by atoms with E-state index in [1.807, 2.05) is 44.2 Å². The predicted octanol–water partition coefficient (Wildman–Crippen LogP) is 2.97. The van der Waals surface area contributed by atoms with Gasteiger partial charge in [0.15, 0.2) is 0 Å². The molecule has 26 heavy (non-hydrogen) atoms. The number of amides is 2. The smallest absolute Gasteiger partial charge is 0.251 e. The molecule has 0 saturated carbocycles. The van der Waals surface area contributed by atoms with Gasteiger partial charge in [0.1, 0.15) is 0 Å². The molecule has 0 spiro atoms. The third-order valence-corrected chi connectivity index (χ3v) is 4.02. The van der Waals surface area contributed by atoms with Crippen molar-refractivity contribution in [2.24, 2.45) is 11.7 Å². The lowest BCUT2D eigenvalue weighted by atomic mass is 10.0. The second-order valence-electron chi connectivity index (χ2n) is 6.79. The van der Waals surface area contributed by atoms with Crippen LogP contribution < -0.4 is 16.4 Å². The van der Waals surface area contributed by atoms with E-state index in [1.165, 1.54) is 5.56 Å². The monoisotopic (exact) mass is 353 g/mol. The molecule has 5 heteroatoms. The van der Waals surface area contributed by atoms with E-state index < -0.39 is 6.04 Å². The summed E-state index contributed by atoms with van der Waals surface area (Å²) in [6, 6.07) is 16.3. The van der Waals surface area contributed by atoms with Crippen molar-refractivity contribution >= 4 is 17.5 Å². The minimum atomic E-state index is -0.532. The van der Waals surface area contributed by atoms with Gasteiger partial charge in [-0.1, -0.05) is 44.2 Å². The molecule has 138 valence electrons. The Morgan fingerprint density at radius 1 is 1.00 bits per heavy atom. The van der Waals surface area contributed by atoms with E-state index in [9.17, 15) is 9.59 Å². The molecule has 4 N–H and O–H groups in total. The molecule has 0 radical (unpaired) electrons. The lowest BCUT2D eigenvalue weighted by Crippen LogP contribution is -2.36. The summed E-state index contributed by atoms with van der Waals surface area (Å²) in [6.07, 6.45) is 1.42. The summed E-state index contributed by atoms with van der Waals surface area (Å²) in [6.45, 7) is 4.63. The first-order valence-corrected chi connectivity index (χ1v) is 8.94. The van der Waals surface area contributed by atoms with Crippen LogP contribution in [-0.4, -0.2) is 24.4 Å². The van der Waals surface area contributed by atoms with Gasteiger partial charge in [-0.25, -0.2) is 0 Å². The lowest BCUT2D eigenvalue weighted by Gasteiger charge is -2.14. The maximum Gasteiger partial charge on any atom is 0.251 e. The van der Waals surface area contributed by atoms with Crippen molar-refractivity contribution in [3.63, 3.8) is 0 Å². The number of carbonyl (C=O) groups excluding carboxylic acids is 2. The summed E-state index contributed by atoms with van der Waals surface area (Å²) in [5.74, 6) is 0.0202. The topological polar surface area (TPSA) is 84.2 Å². The van der Waals surface area contributed by atoms with Crippen LogP contribution in [0.3, 0.4) is 0 Å². The minimum absolute atomic E-state index is 0.129. The number of rotatable bonds is 8. The first-order chi connectivity index (χ1) is 12.5. The number of hydrogen-bond acceptors (Lipinski definition) is 3. The first kappa shape index (κ1) is 19.7. The second kappa shape index (κ2) is 9.73. The lowest BCUT2D eigenvalue weighted by molar-refractivity contribution is -0.117. The van der Waals surface area contributed by atoms with Crippen molar-refractivity contribution in [3.05, 3.63) is 65.7 Å². The van der Waals surface area contributed by atoms with Crippen LogP contribution in [0.5, 0.6) is 0 Å².